The van der Waals surface area contributed by atoms with Crippen LogP contribution >= 0.6 is 0 Å². The molecule has 2 rings (SSSR count). The highest BCUT2D eigenvalue weighted by Crippen LogP contribution is 2.26. The van der Waals surface area contributed by atoms with E-state index in [0.717, 1.165) is 0 Å². The zero-order valence-electron chi connectivity index (χ0n) is 6.34. The maximum atomic E-state index is 10.8. The Morgan fingerprint density at radius 1 is 1.42 bits per heavy atom. The minimum atomic E-state index is -1.00. The van der Waals surface area contributed by atoms with Crippen LogP contribution < -0.4 is 0 Å². The molecule has 2 aliphatic rings. The van der Waals surface area contributed by atoms with Crippen molar-refractivity contribution in [1.29, 1.82) is 0 Å². The number of esters is 1. The van der Waals surface area contributed by atoms with Gasteiger partial charge in [-0.05, 0) is 0 Å². The van der Waals surface area contributed by atoms with Gasteiger partial charge in [0.2, 0.25) is 0 Å². The molecule has 0 saturated carbocycles. The summed E-state index contributed by atoms with van der Waals surface area (Å²) in [7, 11) is 0. The van der Waals surface area contributed by atoms with E-state index < -0.39 is 18.3 Å². The maximum absolute atomic E-state index is 10.8. The van der Waals surface area contributed by atoms with Gasteiger partial charge in [-0.1, -0.05) is 0 Å². The van der Waals surface area contributed by atoms with Crippen molar-refractivity contribution in [2.24, 2.45) is 0 Å². The Labute approximate surface area is 68.9 Å². The number of fused-ring (bicyclic) bond motifs is 1. The highest BCUT2D eigenvalue weighted by Gasteiger charge is 2.46. The number of rotatable bonds is 0. The molecule has 2 heterocycles. The van der Waals surface area contributed by atoms with Crippen LogP contribution in [0.1, 0.15) is 6.42 Å². The Morgan fingerprint density at radius 2 is 2.17 bits per heavy atom. The van der Waals surface area contributed by atoms with Crippen molar-refractivity contribution in [3.63, 3.8) is 0 Å². The van der Waals surface area contributed by atoms with Crippen molar-refractivity contribution in [3.05, 3.63) is 0 Å². The van der Waals surface area contributed by atoms with Crippen molar-refractivity contribution >= 4 is 5.97 Å². The van der Waals surface area contributed by atoms with E-state index in [0.29, 0.717) is 0 Å². The summed E-state index contributed by atoms with van der Waals surface area (Å²) in [6.45, 7) is 0.0684. The van der Waals surface area contributed by atoms with Crippen molar-refractivity contribution in [2.45, 2.75) is 30.8 Å². The van der Waals surface area contributed by atoms with Crippen LogP contribution in [0.15, 0.2) is 0 Å². The largest absolute Gasteiger partial charge is 0.457 e. The number of hydrogen-bond acceptors (Lipinski definition) is 5. The lowest BCUT2D eigenvalue weighted by Crippen LogP contribution is -2.50. The molecule has 2 fully saturated rings. The molecule has 2 N–H and O–H groups in total. The molecule has 12 heavy (non-hydrogen) atoms. The van der Waals surface area contributed by atoms with Crippen LogP contribution in [-0.2, 0) is 14.3 Å². The van der Waals surface area contributed by atoms with Crippen molar-refractivity contribution in [1.82, 2.24) is 0 Å². The summed E-state index contributed by atoms with van der Waals surface area (Å²) in [5.74, 6) is -0.377. The van der Waals surface area contributed by atoms with Crippen LogP contribution in [0, 0.1) is 0 Å². The molecule has 0 radical (unpaired) electrons. The lowest BCUT2D eigenvalue weighted by molar-refractivity contribution is -0.178. The molecule has 0 spiro atoms. The van der Waals surface area contributed by atoms with Gasteiger partial charge in [-0.2, -0.15) is 0 Å². The van der Waals surface area contributed by atoms with Gasteiger partial charge in [0.15, 0.2) is 6.10 Å². The molecule has 0 bridgehead atoms. The third kappa shape index (κ3) is 1.10. The average molecular weight is 174 g/mol. The first-order valence-corrected chi connectivity index (χ1v) is 3.85. The molecule has 0 aromatic rings. The molecule has 0 aliphatic carbocycles. The average Bonchev–Trinajstić information content (AvgIpc) is 2.39. The fraction of sp³-hybridized carbons (Fsp3) is 0.857. The second-order valence-electron chi connectivity index (χ2n) is 3.09. The van der Waals surface area contributed by atoms with Gasteiger partial charge < -0.3 is 19.7 Å². The van der Waals surface area contributed by atoms with Gasteiger partial charge >= 0.3 is 5.97 Å². The van der Waals surface area contributed by atoms with Gasteiger partial charge in [-0.15, -0.1) is 0 Å². The monoisotopic (exact) mass is 174 g/mol. The highest BCUT2D eigenvalue weighted by molar-refractivity contribution is 5.72. The highest BCUT2D eigenvalue weighted by atomic mass is 16.6. The topological polar surface area (TPSA) is 76.0 Å². The van der Waals surface area contributed by atoms with E-state index in [9.17, 15) is 9.90 Å². The van der Waals surface area contributed by atoms with Crippen LogP contribution in [-0.4, -0.2) is 47.2 Å². The number of ether oxygens (including phenoxy) is 2. The van der Waals surface area contributed by atoms with Crippen LogP contribution in [0.25, 0.3) is 0 Å². The summed E-state index contributed by atoms with van der Waals surface area (Å²) < 4.78 is 9.87. The number of aliphatic hydroxyl groups is 2. The minimum absolute atomic E-state index is 0.0684. The van der Waals surface area contributed by atoms with Crippen LogP contribution in [0.4, 0.5) is 0 Å². The van der Waals surface area contributed by atoms with E-state index in [2.05, 4.69) is 0 Å². The van der Waals surface area contributed by atoms with Gasteiger partial charge in [0.1, 0.15) is 18.3 Å². The predicted molar refractivity (Wildman–Crippen MR) is 36.3 cm³/mol. The number of carbonyl (C=O) groups excluding carboxylic acids is 1. The molecule has 0 aromatic carbocycles. The number of carbonyl (C=O) groups is 1. The van der Waals surface area contributed by atoms with Gasteiger partial charge in [-0.3, -0.25) is 4.79 Å². The Hall–Kier alpha value is -0.650. The van der Waals surface area contributed by atoms with Gasteiger partial charge in [0.05, 0.1) is 13.0 Å². The first-order valence-electron chi connectivity index (χ1n) is 3.85. The lowest BCUT2D eigenvalue weighted by atomic mass is 10.0. The van der Waals surface area contributed by atoms with E-state index >= 15 is 0 Å². The van der Waals surface area contributed by atoms with Crippen LogP contribution in [0.3, 0.4) is 0 Å². The van der Waals surface area contributed by atoms with E-state index in [-0.39, 0.29) is 25.1 Å². The number of hydrogen-bond donors (Lipinski definition) is 2. The minimum Gasteiger partial charge on any atom is -0.457 e. The van der Waals surface area contributed by atoms with E-state index in [1.807, 2.05) is 0 Å². The third-order valence-corrected chi connectivity index (χ3v) is 2.21. The zero-order chi connectivity index (χ0) is 8.72. The van der Waals surface area contributed by atoms with Gasteiger partial charge in [-0.25, -0.2) is 0 Å². The van der Waals surface area contributed by atoms with Crippen LogP contribution in [0.2, 0.25) is 0 Å². The Morgan fingerprint density at radius 3 is 2.92 bits per heavy atom. The fourth-order valence-corrected chi connectivity index (χ4v) is 1.54. The molecule has 0 unspecified atom stereocenters. The predicted octanol–water partition coefficient (Wildman–Crippen LogP) is -1.58. The smallest absolute Gasteiger partial charge is 0.309 e. The Kier molecular flexibility index (Phi) is 1.79. The van der Waals surface area contributed by atoms with Gasteiger partial charge in [0.25, 0.3) is 0 Å². The van der Waals surface area contributed by atoms with E-state index in [4.69, 9.17) is 14.6 Å². The third-order valence-electron chi connectivity index (χ3n) is 2.21. The molecule has 68 valence electrons. The molecule has 5 nitrogen and oxygen atoms in total. The summed E-state index contributed by atoms with van der Waals surface area (Å²) >= 11 is 0. The standard InChI is InChI=1S/C7H10O5/c8-3-2-11-4-1-5(9)12-7(4)6(3)10/h3-4,6-8,10H,1-2H2/t3-,4+,6-,7-/m0/s1. The van der Waals surface area contributed by atoms with Crippen molar-refractivity contribution in [3.8, 4) is 0 Å². The molecule has 0 amide bonds. The van der Waals surface area contributed by atoms with E-state index in [1.54, 1.807) is 0 Å². The number of aliphatic hydroxyl groups excluding tert-OH is 2. The Balaban J connectivity index is 2.11. The molecule has 0 aromatic heterocycles. The lowest BCUT2D eigenvalue weighted by Gasteiger charge is -2.32. The van der Waals surface area contributed by atoms with Gasteiger partial charge in [0, 0.05) is 0 Å². The quantitative estimate of drug-likeness (QED) is 0.433. The molecule has 4 atom stereocenters. The molecule has 2 saturated heterocycles. The normalized spacial score (nSPS) is 47.0. The summed E-state index contributed by atoms with van der Waals surface area (Å²) in [6, 6.07) is 0. The van der Waals surface area contributed by atoms with Crippen LogP contribution in [0.5, 0.6) is 0 Å². The Bertz CT molecular complexity index is 204. The van der Waals surface area contributed by atoms with Crippen molar-refractivity contribution < 1.29 is 24.5 Å². The second-order valence-corrected chi connectivity index (χ2v) is 3.09. The first-order chi connectivity index (χ1) is 5.68. The summed E-state index contributed by atoms with van der Waals surface area (Å²) in [6.07, 6.45) is -2.83. The first kappa shape index (κ1) is 7.97. The van der Waals surface area contributed by atoms with E-state index in [1.165, 1.54) is 0 Å². The maximum Gasteiger partial charge on any atom is 0.309 e. The van der Waals surface area contributed by atoms with Crippen molar-refractivity contribution in [2.75, 3.05) is 6.61 Å². The summed E-state index contributed by atoms with van der Waals surface area (Å²) in [4.78, 5) is 10.8. The summed E-state index contributed by atoms with van der Waals surface area (Å²) in [5.41, 5.74) is 0. The fourth-order valence-electron chi connectivity index (χ4n) is 1.54. The summed E-state index contributed by atoms with van der Waals surface area (Å²) in [5, 5.41) is 18.5. The second kappa shape index (κ2) is 2.69. The molecule has 5 heteroatoms. The molecular formula is C7H10O5. The zero-order valence-corrected chi connectivity index (χ0v) is 6.34. The molecular weight excluding hydrogens is 164 g/mol. The SMILES string of the molecule is O=C1C[C@H]2OC[C@H](O)[C@H](O)[C@H]2O1. The molecule has 2 aliphatic heterocycles.